The average molecular weight is 364 g/mol. The summed E-state index contributed by atoms with van der Waals surface area (Å²) in [7, 11) is 0. The third-order valence-electron chi connectivity index (χ3n) is 4.20. The van der Waals surface area contributed by atoms with Crippen LogP contribution >= 0.6 is 12.4 Å². The SMILES string of the molecule is Cl.NC(=O)c1cc(C(=O)NCCC2CCNC2)nn1-c1ccccc1. The molecule has 4 N–H and O–H groups in total. The number of aromatic nitrogens is 2. The first-order chi connectivity index (χ1) is 11.6. The largest absolute Gasteiger partial charge is 0.364 e. The van der Waals surface area contributed by atoms with E-state index < -0.39 is 5.91 Å². The maximum absolute atomic E-state index is 12.3. The molecule has 1 aromatic carbocycles. The van der Waals surface area contributed by atoms with Crippen LogP contribution in [0.3, 0.4) is 0 Å². The van der Waals surface area contributed by atoms with E-state index in [2.05, 4.69) is 15.7 Å². The minimum Gasteiger partial charge on any atom is -0.364 e. The van der Waals surface area contributed by atoms with Gasteiger partial charge < -0.3 is 16.4 Å². The van der Waals surface area contributed by atoms with Crippen molar-refractivity contribution in [2.75, 3.05) is 19.6 Å². The quantitative estimate of drug-likeness (QED) is 0.715. The van der Waals surface area contributed by atoms with Crippen LogP contribution in [0.1, 0.15) is 33.8 Å². The van der Waals surface area contributed by atoms with Crippen molar-refractivity contribution in [3.05, 3.63) is 47.8 Å². The van der Waals surface area contributed by atoms with Gasteiger partial charge in [0.2, 0.25) is 0 Å². The van der Waals surface area contributed by atoms with Gasteiger partial charge in [0.25, 0.3) is 11.8 Å². The number of nitrogens with one attached hydrogen (secondary N) is 2. The molecule has 1 fully saturated rings. The maximum atomic E-state index is 12.3. The van der Waals surface area contributed by atoms with Crippen LogP contribution in [0.15, 0.2) is 36.4 Å². The Labute approximate surface area is 152 Å². The number of para-hydroxylation sites is 1. The molecule has 25 heavy (non-hydrogen) atoms. The number of primary amides is 1. The van der Waals surface area contributed by atoms with E-state index in [0.717, 1.165) is 25.9 Å². The maximum Gasteiger partial charge on any atom is 0.271 e. The van der Waals surface area contributed by atoms with E-state index >= 15 is 0 Å². The first kappa shape index (κ1) is 19.0. The smallest absolute Gasteiger partial charge is 0.271 e. The van der Waals surface area contributed by atoms with Gasteiger partial charge >= 0.3 is 0 Å². The number of benzene rings is 1. The molecule has 7 nitrogen and oxygen atoms in total. The lowest BCUT2D eigenvalue weighted by molar-refractivity contribution is 0.0945. The number of nitrogens with zero attached hydrogens (tertiary/aromatic N) is 2. The van der Waals surface area contributed by atoms with Crippen molar-refractivity contribution < 1.29 is 9.59 Å². The first-order valence-corrected chi connectivity index (χ1v) is 8.09. The molecule has 0 saturated carbocycles. The second-order valence-corrected chi connectivity index (χ2v) is 5.93. The second kappa shape index (κ2) is 8.64. The Morgan fingerprint density at radius 2 is 2.08 bits per heavy atom. The molecule has 1 aliphatic heterocycles. The van der Waals surface area contributed by atoms with Crippen LogP contribution in [0.4, 0.5) is 0 Å². The summed E-state index contributed by atoms with van der Waals surface area (Å²) in [6, 6.07) is 10.6. The molecule has 2 aromatic rings. The number of amides is 2. The van der Waals surface area contributed by atoms with Crippen LogP contribution < -0.4 is 16.4 Å². The molecule has 1 unspecified atom stereocenters. The predicted octanol–water partition coefficient (Wildman–Crippen LogP) is 1.12. The Balaban J connectivity index is 0.00000225. The van der Waals surface area contributed by atoms with Crippen LogP contribution in [0.5, 0.6) is 0 Å². The average Bonchev–Trinajstić information content (AvgIpc) is 3.25. The van der Waals surface area contributed by atoms with E-state index in [1.54, 1.807) is 12.1 Å². The lowest BCUT2D eigenvalue weighted by Gasteiger charge is -2.08. The molecule has 1 saturated heterocycles. The van der Waals surface area contributed by atoms with Crippen LogP contribution in [0, 0.1) is 5.92 Å². The van der Waals surface area contributed by atoms with Crippen molar-refractivity contribution in [3.8, 4) is 5.69 Å². The molecule has 0 bridgehead atoms. The summed E-state index contributed by atoms with van der Waals surface area (Å²) in [5.74, 6) is -0.311. The fourth-order valence-electron chi connectivity index (χ4n) is 2.87. The number of hydrogen-bond acceptors (Lipinski definition) is 4. The Morgan fingerprint density at radius 1 is 1.32 bits per heavy atom. The van der Waals surface area contributed by atoms with Gasteiger partial charge in [-0.05, 0) is 44.0 Å². The van der Waals surface area contributed by atoms with Gasteiger partial charge in [0.1, 0.15) is 5.69 Å². The van der Waals surface area contributed by atoms with Gasteiger partial charge in [-0.15, -0.1) is 12.4 Å². The molecule has 134 valence electrons. The van der Waals surface area contributed by atoms with E-state index in [0.29, 0.717) is 18.2 Å². The number of nitrogens with two attached hydrogens (primary N) is 1. The first-order valence-electron chi connectivity index (χ1n) is 8.09. The highest BCUT2D eigenvalue weighted by molar-refractivity contribution is 5.97. The molecule has 2 amide bonds. The molecule has 1 aliphatic rings. The molecular weight excluding hydrogens is 342 g/mol. The lowest BCUT2D eigenvalue weighted by Crippen LogP contribution is -2.26. The van der Waals surface area contributed by atoms with Crippen LogP contribution in [0.2, 0.25) is 0 Å². The molecule has 0 aliphatic carbocycles. The Kier molecular flexibility index (Phi) is 6.55. The monoisotopic (exact) mass is 363 g/mol. The van der Waals surface area contributed by atoms with Crippen molar-refractivity contribution in [1.82, 2.24) is 20.4 Å². The van der Waals surface area contributed by atoms with Crippen molar-refractivity contribution >= 4 is 24.2 Å². The van der Waals surface area contributed by atoms with Crippen molar-refractivity contribution in [2.24, 2.45) is 11.7 Å². The van der Waals surface area contributed by atoms with Crippen molar-refractivity contribution in [3.63, 3.8) is 0 Å². The van der Waals surface area contributed by atoms with Gasteiger partial charge in [-0.25, -0.2) is 4.68 Å². The van der Waals surface area contributed by atoms with Crippen molar-refractivity contribution in [1.29, 1.82) is 0 Å². The van der Waals surface area contributed by atoms with Crippen molar-refractivity contribution in [2.45, 2.75) is 12.8 Å². The van der Waals surface area contributed by atoms with E-state index in [1.807, 2.05) is 18.2 Å². The molecule has 1 atom stereocenters. The Hall–Kier alpha value is -2.38. The van der Waals surface area contributed by atoms with Gasteiger partial charge in [-0.3, -0.25) is 9.59 Å². The molecule has 2 heterocycles. The lowest BCUT2D eigenvalue weighted by atomic mass is 10.1. The number of carbonyl (C=O) groups excluding carboxylic acids is 2. The van der Waals surface area contributed by atoms with E-state index in [1.165, 1.54) is 10.7 Å². The van der Waals surface area contributed by atoms with Gasteiger partial charge in [0, 0.05) is 12.6 Å². The normalized spacial score (nSPS) is 16.2. The highest BCUT2D eigenvalue weighted by Crippen LogP contribution is 2.13. The molecular formula is C17H22ClN5O2. The summed E-state index contributed by atoms with van der Waals surface area (Å²) >= 11 is 0. The van der Waals surface area contributed by atoms with Crippen LogP contribution in [0.25, 0.3) is 5.69 Å². The summed E-state index contributed by atoms with van der Waals surface area (Å²) in [5.41, 5.74) is 6.47. The Morgan fingerprint density at radius 3 is 2.72 bits per heavy atom. The highest BCUT2D eigenvalue weighted by Gasteiger charge is 2.19. The third kappa shape index (κ3) is 4.58. The zero-order valence-electron chi connectivity index (χ0n) is 13.8. The minimum absolute atomic E-state index is 0. The highest BCUT2D eigenvalue weighted by atomic mass is 35.5. The Bertz CT molecular complexity index is 726. The minimum atomic E-state index is -0.623. The number of rotatable bonds is 6. The van der Waals surface area contributed by atoms with Gasteiger partial charge in [0.05, 0.1) is 5.69 Å². The fraction of sp³-hybridized carbons (Fsp3) is 0.353. The van der Waals surface area contributed by atoms with Gasteiger partial charge in [0.15, 0.2) is 5.69 Å². The third-order valence-corrected chi connectivity index (χ3v) is 4.20. The van der Waals surface area contributed by atoms with Gasteiger partial charge in [-0.2, -0.15) is 5.10 Å². The molecule has 3 rings (SSSR count). The summed E-state index contributed by atoms with van der Waals surface area (Å²) < 4.78 is 1.40. The number of carbonyl (C=O) groups is 2. The summed E-state index contributed by atoms with van der Waals surface area (Å²) in [4.78, 5) is 23.9. The van der Waals surface area contributed by atoms with E-state index in [4.69, 9.17) is 5.73 Å². The standard InChI is InChI=1S/C17H21N5O2.ClH/c18-16(23)15-10-14(21-22(15)13-4-2-1-3-5-13)17(24)20-9-7-12-6-8-19-11-12;/h1-5,10,12,19H,6-9,11H2,(H2,18,23)(H,20,24);1H. The predicted molar refractivity (Wildman–Crippen MR) is 97.3 cm³/mol. The van der Waals surface area contributed by atoms with Gasteiger partial charge in [-0.1, -0.05) is 18.2 Å². The fourth-order valence-corrected chi connectivity index (χ4v) is 2.87. The summed E-state index contributed by atoms with van der Waals surface area (Å²) in [5, 5.41) is 10.4. The van der Waals surface area contributed by atoms with Crippen LogP contribution in [-0.2, 0) is 0 Å². The summed E-state index contributed by atoms with van der Waals surface area (Å²) in [6.07, 6.45) is 2.07. The molecule has 8 heteroatoms. The summed E-state index contributed by atoms with van der Waals surface area (Å²) in [6.45, 7) is 2.64. The molecule has 0 spiro atoms. The second-order valence-electron chi connectivity index (χ2n) is 5.93. The van der Waals surface area contributed by atoms with Crippen LogP contribution in [-0.4, -0.2) is 41.2 Å². The topological polar surface area (TPSA) is 102 Å². The van der Waals surface area contributed by atoms with E-state index in [-0.39, 0.29) is 29.7 Å². The number of hydrogen-bond donors (Lipinski definition) is 3. The zero-order valence-corrected chi connectivity index (χ0v) is 14.6. The number of halogens is 1. The zero-order chi connectivity index (χ0) is 16.9. The molecule has 1 aromatic heterocycles. The molecule has 0 radical (unpaired) electrons. The van der Waals surface area contributed by atoms with E-state index in [9.17, 15) is 9.59 Å².